The van der Waals surface area contributed by atoms with Gasteiger partial charge in [0, 0.05) is 6.20 Å². The standard InChI is InChI=1S/C14H14N2S/c1-3-5-8-11(4-2)13-12-9-6-7-10-16(12)14(17)15-13/h3-10H,1H2,2H3,(H,15,17)/b8-5-,11-4+. The van der Waals surface area contributed by atoms with Crippen molar-refractivity contribution < 1.29 is 0 Å². The molecule has 1 N–H and O–H groups in total. The molecule has 0 amide bonds. The highest BCUT2D eigenvalue weighted by molar-refractivity contribution is 7.71. The van der Waals surface area contributed by atoms with Crippen LogP contribution in [0.15, 0.2) is 55.3 Å². The van der Waals surface area contributed by atoms with Crippen molar-refractivity contribution in [1.29, 1.82) is 0 Å². The number of imidazole rings is 1. The highest BCUT2D eigenvalue weighted by atomic mass is 32.1. The third kappa shape index (κ3) is 2.15. The maximum Gasteiger partial charge on any atom is 0.182 e. The van der Waals surface area contributed by atoms with Gasteiger partial charge in [0.15, 0.2) is 4.77 Å². The van der Waals surface area contributed by atoms with Crippen LogP contribution in [-0.2, 0) is 0 Å². The predicted molar refractivity (Wildman–Crippen MR) is 75.6 cm³/mol. The van der Waals surface area contributed by atoms with Crippen LogP contribution in [0.4, 0.5) is 0 Å². The van der Waals surface area contributed by atoms with Crippen LogP contribution in [0, 0.1) is 4.77 Å². The van der Waals surface area contributed by atoms with Gasteiger partial charge in [-0.25, -0.2) is 0 Å². The number of hydrogen-bond acceptors (Lipinski definition) is 1. The normalized spacial score (nSPS) is 12.4. The molecule has 0 spiro atoms. The predicted octanol–water partition coefficient (Wildman–Crippen LogP) is 4.14. The van der Waals surface area contributed by atoms with Gasteiger partial charge in [-0.3, -0.25) is 4.40 Å². The highest BCUT2D eigenvalue weighted by Crippen LogP contribution is 2.20. The second-order valence-electron chi connectivity index (χ2n) is 3.60. The zero-order valence-electron chi connectivity index (χ0n) is 9.68. The number of nitrogens with one attached hydrogen (secondary N) is 1. The topological polar surface area (TPSA) is 20.2 Å². The fourth-order valence-corrected chi connectivity index (χ4v) is 2.03. The Kier molecular flexibility index (Phi) is 3.40. The Morgan fingerprint density at radius 1 is 1.47 bits per heavy atom. The van der Waals surface area contributed by atoms with Gasteiger partial charge in [-0.15, -0.1) is 0 Å². The van der Waals surface area contributed by atoms with Crippen molar-refractivity contribution in [3.8, 4) is 0 Å². The molecule has 2 nitrogen and oxygen atoms in total. The summed E-state index contributed by atoms with van der Waals surface area (Å²) in [6.45, 7) is 5.68. The maximum absolute atomic E-state index is 5.29. The molecule has 0 radical (unpaired) electrons. The summed E-state index contributed by atoms with van der Waals surface area (Å²) in [5, 5.41) is 0. The number of H-pyrrole nitrogens is 1. The lowest BCUT2D eigenvalue weighted by atomic mass is 10.1. The molecule has 0 fully saturated rings. The third-order valence-corrected chi connectivity index (χ3v) is 2.88. The number of aromatic amines is 1. The molecule has 0 saturated heterocycles. The fraction of sp³-hybridized carbons (Fsp3) is 0.0714. The van der Waals surface area contributed by atoms with Gasteiger partial charge in [-0.05, 0) is 36.8 Å². The second kappa shape index (κ2) is 4.97. The molecule has 0 bridgehead atoms. The number of nitrogens with zero attached hydrogens (tertiary/aromatic N) is 1. The van der Waals surface area contributed by atoms with E-state index in [-0.39, 0.29) is 0 Å². The van der Waals surface area contributed by atoms with E-state index in [1.165, 1.54) is 0 Å². The molecule has 0 aromatic carbocycles. The fourth-order valence-electron chi connectivity index (χ4n) is 1.77. The van der Waals surface area contributed by atoms with E-state index in [1.807, 2.05) is 53.9 Å². The summed E-state index contributed by atoms with van der Waals surface area (Å²) in [6.07, 6.45) is 9.70. The number of pyridine rings is 1. The van der Waals surface area contributed by atoms with Crippen molar-refractivity contribution in [2.24, 2.45) is 0 Å². The first-order valence-electron chi connectivity index (χ1n) is 5.43. The van der Waals surface area contributed by atoms with E-state index in [0.29, 0.717) is 4.77 Å². The molecule has 0 aliphatic heterocycles. The molecule has 2 heterocycles. The summed E-state index contributed by atoms with van der Waals surface area (Å²) in [7, 11) is 0. The van der Waals surface area contributed by atoms with Crippen LogP contribution in [0.2, 0.25) is 0 Å². The summed E-state index contributed by atoms with van der Waals surface area (Å²) in [5.74, 6) is 0. The Hall–Kier alpha value is -1.87. The molecule has 2 aromatic heterocycles. The summed E-state index contributed by atoms with van der Waals surface area (Å²) >= 11 is 5.29. The SMILES string of the molecule is C=C/C=C\C(=C/C)c1[nH]c(=S)n2ccccc12. The average Bonchev–Trinajstić information content (AvgIpc) is 2.69. The quantitative estimate of drug-likeness (QED) is 0.633. The van der Waals surface area contributed by atoms with E-state index >= 15 is 0 Å². The molecule has 0 unspecified atom stereocenters. The van der Waals surface area contributed by atoms with Crippen molar-refractivity contribution in [3.63, 3.8) is 0 Å². The molecule has 2 aromatic rings. The summed E-state index contributed by atoms with van der Waals surface area (Å²) in [4.78, 5) is 3.24. The van der Waals surface area contributed by atoms with Crippen LogP contribution in [0.3, 0.4) is 0 Å². The molecule has 0 aliphatic rings. The van der Waals surface area contributed by atoms with Crippen molar-refractivity contribution >= 4 is 23.3 Å². The van der Waals surface area contributed by atoms with Gasteiger partial charge in [0.25, 0.3) is 0 Å². The van der Waals surface area contributed by atoms with Crippen LogP contribution in [-0.4, -0.2) is 9.38 Å². The number of rotatable bonds is 3. The minimum Gasteiger partial charge on any atom is -0.330 e. The van der Waals surface area contributed by atoms with E-state index < -0.39 is 0 Å². The van der Waals surface area contributed by atoms with Crippen molar-refractivity contribution in [2.75, 3.05) is 0 Å². The lowest BCUT2D eigenvalue weighted by Gasteiger charge is -1.99. The number of aromatic nitrogens is 2. The van der Waals surface area contributed by atoms with Gasteiger partial charge in [-0.1, -0.05) is 36.9 Å². The van der Waals surface area contributed by atoms with E-state index in [9.17, 15) is 0 Å². The zero-order valence-corrected chi connectivity index (χ0v) is 10.5. The Balaban J connectivity index is 2.67. The Morgan fingerprint density at radius 3 is 3.00 bits per heavy atom. The van der Waals surface area contributed by atoms with Crippen LogP contribution in [0.1, 0.15) is 12.6 Å². The molecule has 0 aliphatic carbocycles. The van der Waals surface area contributed by atoms with Crippen molar-refractivity contribution in [2.45, 2.75) is 6.92 Å². The first-order chi connectivity index (χ1) is 8.27. The van der Waals surface area contributed by atoms with Gasteiger partial charge in [0.1, 0.15) is 0 Å². The Bertz CT molecular complexity index is 656. The van der Waals surface area contributed by atoms with Gasteiger partial charge in [0.2, 0.25) is 0 Å². The molecular weight excluding hydrogens is 228 g/mol. The van der Waals surface area contributed by atoms with Crippen molar-refractivity contribution in [3.05, 3.63) is 65.7 Å². The minimum absolute atomic E-state index is 0.710. The number of hydrogen-bond donors (Lipinski definition) is 1. The van der Waals surface area contributed by atoms with Crippen LogP contribution in [0.25, 0.3) is 11.1 Å². The van der Waals surface area contributed by atoms with E-state index in [4.69, 9.17) is 12.2 Å². The lowest BCUT2D eigenvalue weighted by molar-refractivity contribution is 1.12. The van der Waals surface area contributed by atoms with Gasteiger partial charge < -0.3 is 4.98 Å². The maximum atomic E-state index is 5.29. The summed E-state index contributed by atoms with van der Waals surface area (Å²) in [5.41, 5.74) is 3.22. The van der Waals surface area contributed by atoms with Crippen LogP contribution in [0.5, 0.6) is 0 Å². The van der Waals surface area contributed by atoms with E-state index in [1.54, 1.807) is 6.08 Å². The van der Waals surface area contributed by atoms with Gasteiger partial charge in [-0.2, -0.15) is 0 Å². The van der Waals surface area contributed by atoms with Crippen LogP contribution >= 0.6 is 12.2 Å². The Morgan fingerprint density at radius 2 is 2.29 bits per heavy atom. The lowest BCUT2D eigenvalue weighted by Crippen LogP contribution is -1.84. The minimum atomic E-state index is 0.710. The first-order valence-corrected chi connectivity index (χ1v) is 5.84. The first kappa shape index (κ1) is 11.6. The van der Waals surface area contributed by atoms with Gasteiger partial charge >= 0.3 is 0 Å². The monoisotopic (exact) mass is 242 g/mol. The smallest absolute Gasteiger partial charge is 0.182 e. The highest BCUT2D eigenvalue weighted by Gasteiger charge is 2.06. The Labute approximate surface area is 106 Å². The summed E-state index contributed by atoms with van der Waals surface area (Å²) in [6, 6.07) is 6.02. The number of allylic oxidation sites excluding steroid dienone is 5. The zero-order chi connectivity index (χ0) is 12.3. The largest absolute Gasteiger partial charge is 0.330 e. The third-order valence-electron chi connectivity index (χ3n) is 2.58. The molecule has 17 heavy (non-hydrogen) atoms. The molecule has 3 heteroatoms. The van der Waals surface area contributed by atoms with Crippen molar-refractivity contribution in [1.82, 2.24) is 9.38 Å². The number of fused-ring (bicyclic) bond motifs is 1. The second-order valence-corrected chi connectivity index (χ2v) is 3.99. The summed E-state index contributed by atoms with van der Waals surface area (Å²) < 4.78 is 2.68. The molecule has 2 rings (SSSR count). The molecule has 0 saturated carbocycles. The van der Waals surface area contributed by atoms with Crippen LogP contribution < -0.4 is 0 Å². The van der Waals surface area contributed by atoms with E-state index in [0.717, 1.165) is 16.8 Å². The van der Waals surface area contributed by atoms with E-state index in [2.05, 4.69) is 11.6 Å². The average molecular weight is 242 g/mol. The van der Waals surface area contributed by atoms with Gasteiger partial charge in [0.05, 0.1) is 11.2 Å². The molecule has 86 valence electrons. The molecular formula is C14H14N2S. The molecule has 0 atom stereocenters.